The summed E-state index contributed by atoms with van der Waals surface area (Å²) >= 11 is 0. The fourth-order valence-corrected chi connectivity index (χ4v) is 4.87. The average molecular weight is 676 g/mol. The maximum atomic E-state index is 12.3. The molecule has 2 aliphatic heterocycles. The number of esters is 7. The van der Waals surface area contributed by atoms with Crippen molar-refractivity contribution in [3.8, 4) is 0 Å². The first kappa shape index (κ1) is 38.7. The predicted molar refractivity (Wildman–Crippen MR) is 147 cm³/mol. The lowest BCUT2D eigenvalue weighted by molar-refractivity contribution is -0.344. The standard InChI is InChI=1S/C27H37N3O17/c1-11(31)38-9-19-23(24(42-15(5)35)21(40-13(3)33)18(45-19)8-29-30-28)47-27-26(44-17(7)37)25(43-16(6)36)22(41-14(4)34)20(46-27)10-39-12(2)32/h18-27H,8-10H2,1-7H3/t18-,19-,20-,21+,22+,23-,24-,25+,26-,27+/m1/s1. The van der Waals surface area contributed by atoms with Gasteiger partial charge in [-0.1, -0.05) is 5.11 Å². The molecule has 0 aliphatic carbocycles. The molecule has 2 rings (SSSR count). The zero-order chi connectivity index (χ0) is 35.4. The number of azide groups is 1. The fraction of sp³-hybridized carbons (Fsp3) is 0.741. The molecule has 2 fully saturated rings. The highest BCUT2D eigenvalue weighted by Crippen LogP contribution is 2.35. The molecule has 0 radical (unpaired) electrons. The average Bonchev–Trinajstić information content (AvgIpc) is 2.94. The van der Waals surface area contributed by atoms with E-state index in [1.165, 1.54) is 0 Å². The minimum atomic E-state index is -1.80. The molecule has 2 aliphatic rings. The van der Waals surface area contributed by atoms with Crippen LogP contribution < -0.4 is 0 Å². The molecule has 2 saturated heterocycles. The SMILES string of the molecule is CC(=O)OC[C@H]1O[C@@H](O[C@H]2[C@H](OC(C)=O)[C@@H](OC(C)=O)[C@@H](CN=[N+]=[N-])O[C@@H]2COC(C)=O)[C@H](OC(C)=O)[C@@H](OC(C)=O)[C@H]1OC(C)=O. The second-order valence-corrected chi connectivity index (χ2v) is 10.2. The Hall–Kier alpha value is -4.52. The molecule has 0 spiro atoms. The molecule has 0 saturated carbocycles. The van der Waals surface area contributed by atoms with Crippen molar-refractivity contribution in [3.05, 3.63) is 10.4 Å². The second kappa shape index (κ2) is 18.0. The van der Waals surface area contributed by atoms with Gasteiger partial charge in [0, 0.05) is 53.4 Å². The lowest BCUT2D eigenvalue weighted by atomic mass is 9.93. The summed E-state index contributed by atoms with van der Waals surface area (Å²) in [5.41, 5.74) is 8.91. The smallest absolute Gasteiger partial charge is 0.303 e. The van der Waals surface area contributed by atoms with Gasteiger partial charge in [0.05, 0.1) is 6.54 Å². The molecule has 2 heterocycles. The Kier molecular flexibility index (Phi) is 14.8. The van der Waals surface area contributed by atoms with Gasteiger partial charge in [-0.3, -0.25) is 33.6 Å². The topological polar surface area (TPSA) is 261 Å². The van der Waals surface area contributed by atoms with E-state index >= 15 is 0 Å². The molecular weight excluding hydrogens is 638 g/mol. The van der Waals surface area contributed by atoms with Gasteiger partial charge in [-0.05, 0) is 5.53 Å². The van der Waals surface area contributed by atoms with Gasteiger partial charge in [0.1, 0.15) is 37.6 Å². The van der Waals surface area contributed by atoms with E-state index in [4.69, 9.17) is 52.9 Å². The largest absolute Gasteiger partial charge is 0.463 e. The normalized spacial score (nSPS) is 29.9. The van der Waals surface area contributed by atoms with Gasteiger partial charge in [0.15, 0.2) is 36.8 Å². The number of carbonyl (C=O) groups excluding carboxylic acids is 7. The van der Waals surface area contributed by atoms with Crippen LogP contribution in [-0.2, 0) is 80.9 Å². The lowest BCUT2D eigenvalue weighted by Gasteiger charge is -2.48. The summed E-state index contributed by atoms with van der Waals surface area (Å²) in [6.45, 7) is 5.79. The Labute approximate surface area is 268 Å². The second-order valence-electron chi connectivity index (χ2n) is 10.2. The maximum absolute atomic E-state index is 12.3. The number of nitrogens with zero attached hydrogens (tertiary/aromatic N) is 3. The van der Waals surface area contributed by atoms with Crippen molar-refractivity contribution in [1.29, 1.82) is 0 Å². The summed E-state index contributed by atoms with van der Waals surface area (Å²) in [7, 11) is 0. The molecule has 0 N–H and O–H groups in total. The van der Waals surface area contributed by atoms with Crippen LogP contribution >= 0.6 is 0 Å². The van der Waals surface area contributed by atoms with Crippen LogP contribution in [0.4, 0.5) is 0 Å². The molecule has 0 amide bonds. The van der Waals surface area contributed by atoms with Crippen molar-refractivity contribution in [1.82, 2.24) is 0 Å². The Balaban J connectivity index is 2.73. The van der Waals surface area contributed by atoms with E-state index in [1.54, 1.807) is 0 Å². The van der Waals surface area contributed by atoms with Crippen LogP contribution in [0, 0.1) is 0 Å². The van der Waals surface area contributed by atoms with E-state index in [0.717, 1.165) is 48.5 Å². The van der Waals surface area contributed by atoms with E-state index in [9.17, 15) is 33.6 Å². The third-order valence-corrected chi connectivity index (χ3v) is 6.35. The number of hydrogen-bond donors (Lipinski definition) is 0. The van der Waals surface area contributed by atoms with E-state index in [1.807, 2.05) is 0 Å². The fourth-order valence-electron chi connectivity index (χ4n) is 4.87. The molecule has 10 atom stereocenters. The Morgan fingerprint density at radius 3 is 1.34 bits per heavy atom. The van der Waals surface area contributed by atoms with Crippen molar-refractivity contribution in [2.24, 2.45) is 5.11 Å². The van der Waals surface area contributed by atoms with Gasteiger partial charge in [0.2, 0.25) is 0 Å². The van der Waals surface area contributed by atoms with Crippen LogP contribution in [0.25, 0.3) is 10.4 Å². The van der Waals surface area contributed by atoms with Crippen molar-refractivity contribution in [3.63, 3.8) is 0 Å². The quantitative estimate of drug-likeness (QED) is 0.0815. The summed E-state index contributed by atoms with van der Waals surface area (Å²) in [5, 5.41) is 3.46. The van der Waals surface area contributed by atoms with Gasteiger partial charge >= 0.3 is 41.8 Å². The van der Waals surface area contributed by atoms with Crippen molar-refractivity contribution < 1.29 is 80.9 Å². The number of rotatable bonds is 13. The monoisotopic (exact) mass is 675 g/mol. The van der Waals surface area contributed by atoms with Crippen molar-refractivity contribution in [2.75, 3.05) is 19.8 Å². The van der Waals surface area contributed by atoms with Crippen LogP contribution in [0.1, 0.15) is 48.5 Å². The van der Waals surface area contributed by atoms with Gasteiger partial charge < -0.3 is 47.4 Å². The summed E-state index contributed by atoms with van der Waals surface area (Å²) in [6.07, 6.45) is -15.3. The van der Waals surface area contributed by atoms with Crippen LogP contribution in [-0.4, -0.2) is 123 Å². The first-order valence-corrected chi connectivity index (χ1v) is 14.1. The van der Waals surface area contributed by atoms with E-state index in [2.05, 4.69) is 10.0 Å². The molecule has 0 aromatic rings. The van der Waals surface area contributed by atoms with Crippen LogP contribution in [0.5, 0.6) is 0 Å². The zero-order valence-corrected chi connectivity index (χ0v) is 26.7. The number of carbonyl (C=O) groups is 7. The Morgan fingerprint density at radius 2 is 0.915 bits per heavy atom. The first-order chi connectivity index (χ1) is 22.0. The molecule has 20 nitrogen and oxygen atoms in total. The van der Waals surface area contributed by atoms with E-state index < -0.39 is 123 Å². The maximum Gasteiger partial charge on any atom is 0.303 e. The van der Waals surface area contributed by atoms with Crippen LogP contribution in [0.3, 0.4) is 0 Å². The highest BCUT2D eigenvalue weighted by molar-refractivity contribution is 5.69. The minimum absolute atomic E-state index is 0.436. The third-order valence-electron chi connectivity index (χ3n) is 6.35. The summed E-state index contributed by atoms with van der Waals surface area (Å²) < 4.78 is 55.5. The van der Waals surface area contributed by atoms with E-state index in [-0.39, 0.29) is 0 Å². The number of hydrogen-bond acceptors (Lipinski definition) is 18. The van der Waals surface area contributed by atoms with Gasteiger partial charge in [0.25, 0.3) is 0 Å². The first-order valence-electron chi connectivity index (χ1n) is 14.1. The Bertz CT molecular complexity index is 1240. The van der Waals surface area contributed by atoms with E-state index in [0.29, 0.717) is 0 Å². The summed E-state index contributed by atoms with van der Waals surface area (Å²) in [4.78, 5) is 87.1. The molecule has 20 heteroatoms. The molecule has 262 valence electrons. The third kappa shape index (κ3) is 12.0. The summed E-state index contributed by atoms with van der Waals surface area (Å²) in [6, 6.07) is 0. The molecular formula is C27H37N3O17. The number of ether oxygens (including phenoxy) is 10. The van der Waals surface area contributed by atoms with Gasteiger partial charge in [-0.2, -0.15) is 0 Å². The van der Waals surface area contributed by atoms with Gasteiger partial charge in [-0.25, -0.2) is 0 Å². The van der Waals surface area contributed by atoms with Crippen molar-refractivity contribution in [2.45, 2.75) is 110 Å². The highest BCUT2D eigenvalue weighted by Gasteiger charge is 2.57. The molecule has 0 aromatic heterocycles. The minimum Gasteiger partial charge on any atom is -0.463 e. The lowest BCUT2D eigenvalue weighted by Crippen LogP contribution is -2.67. The van der Waals surface area contributed by atoms with Crippen LogP contribution in [0.15, 0.2) is 5.11 Å². The Morgan fingerprint density at radius 1 is 0.532 bits per heavy atom. The van der Waals surface area contributed by atoms with Crippen molar-refractivity contribution >= 4 is 41.8 Å². The van der Waals surface area contributed by atoms with Gasteiger partial charge in [-0.15, -0.1) is 0 Å². The summed E-state index contributed by atoms with van der Waals surface area (Å²) in [5.74, 6) is -5.95. The molecule has 47 heavy (non-hydrogen) atoms. The molecule has 0 unspecified atom stereocenters. The zero-order valence-electron chi connectivity index (χ0n) is 26.7. The molecule has 0 aromatic carbocycles. The predicted octanol–water partition coefficient (Wildman–Crippen LogP) is -0.0411. The molecule has 0 bridgehead atoms. The van der Waals surface area contributed by atoms with Crippen LogP contribution in [0.2, 0.25) is 0 Å². The highest BCUT2D eigenvalue weighted by atomic mass is 16.8.